The van der Waals surface area contributed by atoms with Crippen LogP contribution in [0.3, 0.4) is 0 Å². The fraction of sp³-hybridized carbons (Fsp3) is 0.316. The molecule has 1 atom stereocenters. The van der Waals surface area contributed by atoms with E-state index in [1.165, 1.54) is 5.56 Å². The Bertz CT molecular complexity index is 718. The van der Waals surface area contributed by atoms with Gasteiger partial charge in [0.1, 0.15) is 13.2 Å². The lowest BCUT2D eigenvalue weighted by Gasteiger charge is -2.20. The monoisotopic (exact) mass is 389 g/mol. The molecular weight excluding hydrogens is 370 g/mol. The first-order valence-corrected chi connectivity index (χ1v) is 8.82. The fourth-order valence-corrected chi connectivity index (χ4v) is 3.11. The molecule has 1 amide bonds. The molecule has 126 valence electrons. The Morgan fingerprint density at radius 2 is 1.83 bits per heavy atom. The molecule has 0 spiro atoms. The van der Waals surface area contributed by atoms with Crippen LogP contribution in [0, 0.1) is 0 Å². The summed E-state index contributed by atoms with van der Waals surface area (Å²) in [5, 5.41) is 3.00. The standard InChI is InChI=1S/C19H20BrNO3/c1-13(14-5-3-2-4-6-14)12-21-19(22)10-15-9-17-18(11-16(15)20)24-8-7-23-17/h2-6,9,11,13H,7-8,10,12H2,1H3,(H,21,22). The first-order chi connectivity index (χ1) is 11.6. The van der Waals surface area contributed by atoms with E-state index in [1.807, 2.05) is 30.3 Å². The average Bonchev–Trinajstić information content (AvgIpc) is 2.61. The third-order valence-corrected chi connectivity index (χ3v) is 4.77. The number of halogens is 1. The van der Waals surface area contributed by atoms with Gasteiger partial charge in [0.2, 0.25) is 5.91 Å². The van der Waals surface area contributed by atoms with E-state index in [1.54, 1.807) is 0 Å². The van der Waals surface area contributed by atoms with Crippen molar-refractivity contribution in [3.8, 4) is 11.5 Å². The topological polar surface area (TPSA) is 47.6 Å². The van der Waals surface area contributed by atoms with Gasteiger partial charge in [0, 0.05) is 11.0 Å². The van der Waals surface area contributed by atoms with E-state index in [0.29, 0.717) is 31.9 Å². The van der Waals surface area contributed by atoms with Crippen molar-refractivity contribution in [1.29, 1.82) is 0 Å². The van der Waals surface area contributed by atoms with Crippen molar-refractivity contribution in [2.45, 2.75) is 19.3 Å². The average molecular weight is 390 g/mol. The first kappa shape index (κ1) is 16.8. The summed E-state index contributed by atoms with van der Waals surface area (Å²) in [5.41, 5.74) is 2.11. The quantitative estimate of drug-likeness (QED) is 0.848. The van der Waals surface area contributed by atoms with Gasteiger partial charge in [-0.2, -0.15) is 0 Å². The lowest BCUT2D eigenvalue weighted by Crippen LogP contribution is -2.29. The van der Waals surface area contributed by atoms with Gasteiger partial charge in [-0.3, -0.25) is 4.79 Å². The smallest absolute Gasteiger partial charge is 0.224 e. The molecule has 2 aromatic rings. The largest absolute Gasteiger partial charge is 0.486 e. The third kappa shape index (κ3) is 4.09. The minimum atomic E-state index is -0.00448. The van der Waals surface area contributed by atoms with E-state index in [-0.39, 0.29) is 11.8 Å². The Morgan fingerprint density at radius 3 is 2.54 bits per heavy atom. The van der Waals surface area contributed by atoms with Crippen molar-refractivity contribution in [2.75, 3.05) is 19.8 Å². The first-order valence-electron chi connectivity index (χ1n) is 8.03. The maximum atomic E-state index is 12.3. The third-order valence-electron chi connectivity index (χ3n) is 4.04. The van der Waals surface area contributed by atoms with Gasteiger partial charge in [-0.05, 0) is 29.2 Å². The zero-order valence-electron chi connectivity index (χ0n) is 13.5. The molecule has 3 rings (SSSR count). The molecule has 24 heavy (non-hydrogen) atoms. The highest BCUT2D eigenvalue weighted by Gasteiger charge is 2.17. The van der Waals surface area contributed by atoms with E-state index in [9.17, 15) is 4.79 Å². The Kier molecular flexibility index (Phi) is 5.41. The van der Waals surface area contributed by atoms with Gasteiger partial charge in [-0.1, -0.05) is 53.2 Å². The molecule has 4 nitrogen and oxygen atoms in total. The van der Waals surface area contributed by atoms with Crippen molar-refractivity contribution >= 4 is 21.8 Å². The second-order valence-electron chi connectivity index (χ2n) is 5.88. The van der Waals surface area contributed by atoms with Crippen LogP contribution < -0.4 is 14.8 Å². The van der Waals surface area contributed by atoms with Crippen molar-refractivity contribution in [3.05, 3.63) is 58.1 Å². The van der Waals surface area contributed by atoms with Crippen LogP contribution in [0.1, 0.15) is 24.0 Å². The summed E-state index contributed by atoms with van der Waals surface area (Å²) in [6.45, 7) is 3.81. The van der Waals surface area contributed by atoms with Gasteiger partial charge in [-0.15, -0.1) is 0 Å². The summed E-state index contributed by atoms with van der Waals surface area (Å²) in [6.07, 6.45) is 0.304. The number of nitrogens with one attached hydrogen (secondary N) is 1. The van der Waals surface area contributed by atoms with Crippen molar-refractivity contribution in [2.24, 2.45) is 0 Å². The summed E-state index contributed by atoms with van der Waals surface area (Å²) < 4.78 is 12.0. The number of amides is 1. The van der Waals surface area contributed by atoms with Gasteiger partial charge in [0.25, 0.3) is 0 Å². The second kappa shape index (κ2) is 7.71. The minimum absolute atomic E-state index is 0.00448. The number of hydrogen-bond acceptors (Lipinski definition) is 3. The molecule has 0 fully saturated rings. The number of rotatable bonds is 5. The number of ether oxygens (including phenoxy) is 2. The lowest BCUT2D eigenvalue weighted by atomic mass is 10.0. The molecule has 2 aromatic carbocycles. The molecule has 1 heterocycles. The van der Waals surface area contributed by atoms with E-state index in [4.69, 9.17) is 9.47 Å². The van der Waals surface area contributed by atoms with E-state index in [2.05, 4.69) is 40.3 Å². The Balaban J connectivity index is 1.59. The van der Waals surface area contributed by atoms with E-state index < -0.39 is 0 Å². The Morgan fingerprint density at radius 1 is 1.17 bits per heavy atom. The molecule has 0 saturated carbocycles. The number of hydrogen-bond donors (Lipinski definition) is 1. The number of benzene rings is 2. The molecule has 5 heteroatoms. The molecule has 0 aliphatic carbocycles. The zero-order chi connectivity index (χ0) is 16.9. The van der Waals surface area contributed by atoms with Crippen LogP contribution in [0.25, 0.3) is 0 Å². The SMILES string of the molecule is CC(CNC(=O)Cc1cc2c(cc1Br)OCCO2)c1ccccc1. The van der Waals surface area contributed by atoms with Crippen LogP contribution >= 0.6 is 15.9 Å². The van der Waals surface area contributed by atoms with Gasteiger partial charge in [-0.25, -0.2) is 0 Å². The number of carbonyl (C=O) groups is 1. The molecule has 0 radical (unpaired) electrons. The second-order valence-corrected chi connectivity index (χ2v) is 6.73. The van der Waals surface area contributed by atoms with Crippen LogP contribution in [-0.2, 0) is 11.2 Å². The Labute approximate surface area is 150 Å². The van der Waals surface area contributed by atoms with Crippen LogP contribution in [0.5, 0.6) is 11.5 Å². The molecule has 1 aliphatic rings. The minimum Gasteiger partial charge on any atom is -0.486 e. The maximum absolute atomic E-state index is 12.3. The summed E-state index contributed by atoms with van der Waals surface area (Å²) in [4.78, 5) is 12.3. The van der Waals surface area contributed by atoms with Gasteiger partial charge in [0.05, 0.1) is 6.42 Å². The van der Waals surface area contributed by atoms with Gasteiger partial charge >= 0.3 is 0 Å². The van der Waals surface area contributed by atoms with Crippen molar-refractivity contribution in [3.63, 3.8) is 0 Å². The Hall–Kier alpha value is -2.01. The predicted octanol–water partition coefficient (Wildman–Crippen LogP) is 3.68. The van der Waals surface area contributed by atoms with Crippen LogP contribution in [0.2, 0.25) is 0 Å². The highest BCUT2D eigenvalue weighted by Crippen LogP contribution is 2.35. The molecule has 1 aliphatic heterocycles. The summed E-state index contributed by atoms with van der Waals surface area (Å²) in [7, 11) is 0. The van der Waals surface area contributed by atoms with E-state index >= 15 is 0 Å². The van der Waals surface area contributed by atoms with Crippen LogP contribution in [0.15, 0.2) is 46.9 Å². The zero-order valence-corrected chi connectivity index (χ0v) is 15.1. The van der Waals surface area contributed by atoms with Gasteiger partial charge < -0.3 is 14.8 Å². The van der Waals surface area contributed by atoms with Crippen molar-refractivity contribution in [1.82, 2.24) is 5.32 Å². The normalized spacial score (nSPS) is 14.1. The maximum Gasteiger partial charge on any atom is 0.224 e. The summed E-state index contributed by atoms with van der Waals surface area (Å²) in [5.74, 6) is 1.69. The molecule has 0 aromatic heterocycles. The highest BCUT2D eigenvalue weighted by molar-refractivity contribution is 9.10. The summed E-state index contributed by atoms with van der Waals surface area (Å²) in [6, 6.07) is 13.9. The lowest BCUT2D eigenvalue weighted by molar-refractivity contribution is -0.120. The molecule has 1 unspecified atom stereocenters. The van der Waals surface area contributed by atoms with Crippen molar-refractivity contribution < 1.29 is 14.3 Å². The number of fused-ring (bicyclic) bond motifs is 1. The summed E-state index contributed by atoms with van der Waals surface area (Å²) >= 11 is 3.51. The fourth-order valence-electron chi connectivity index (χ4n) is 2.64. The molecule has 0 bridgehead atoms. The van der Waals surface area contributed by atoms with Crippen LogP contribution in [0.4, 0.5) is 0 Å². The van der Waals surface area contributed by atoms with E-state index in [0.717, 1.165) is 15.8 Å². The molecule has 1 N–H and O–H groups in total. The molecular formula is C19H20BrNO3. The van der Waals surface area contributed by atoms with Crippen LogP contribution in [-0.4, -0.2) is 25.7 Å². The predicted molar refractivity (Wildman–Crippen MR) is 96.7 cm³/mol. The van der Waals surface area contributed by atoms with Gasteiger partial charge in [0.15, 0.2) is 11.5 Å². The number of carbonyl (C=O) groups excluding carboxylic acids is 1. The molecule has 0 saturated heterocycles. The highest BCUT2D eigenvalue weighted by atomic mass is 79.9.